The molecule has 0 bridgehead atoms. The molecule has 1 aliphatic rings. The second kappa shape index (κ2) is 8.78. The van der Waals surface area contributed by atoms with E-state index in [1.807, 2.05) is 6.07 Å². The quantitative estimate of drug-likeness (QED) is 0.639. The highest BCUT2D eigenvalue weighted by molar-refractivity contribution is 5.95. The van der Waals surface area contributed by atoms with Crippen LogP contribution in [-0.4, -0.2) is 24.0 Å². The zero-order chi connectivity index (χ0) is 20.9. The topological polar surface area (TPSA) is 73.4 Å². The Bertz CT molecular complexity index is 1040. The molecule has 1 aliphatic heterocycles. The number of piperidine rings is 1. The Morgan fingerprint density at radius 3 is 2.63 bits per heavy atom. The minimum absolute atomic E-state index is 0.107. The van der Waals surface area contributed by atoms with Gasteiger partial charge in [-0.05, 0) is 49.2 Å². The van der Waals surface area contributed by atoms with Crippen LogP contribution in [-0.2, 0) is 11.3 Å². The average Bonchev–Trinajstić information content (AvgIpc) is 3.31. The minimum Gasteiger partial charge on any atom is -0.467 e. The first kappa shape index (κ1) is 19.6. The fourth-order valence-corrected chi connectivity index (χ4v) is 3.73. The first-order chi connectivity index (χ1) is 14.7. The number of hydrogen-bond donors (Lipinski definition) is 0. The van der Waals surface area contributed by atoms with Crippen molar-refractivity contribution in [3.8, 4) is 6.07 Å². The van der Waals surface area contributed by atoms with Crippen LogP contribution in [0.5, 0.6) is 0 Å². The van der Waals surface area contributed by atoms with E-state index in [0.717, 1.165) is 5.82 Å². The first-order valence-corrected chi connectivity index (χ1v) is 9.85. The van der Waals surface area contributed by atoms with E-state index in [1.54, 1.807) is 48.9 Å². The van der Waals surface area contributed by atoms with E-state index in [9.17, 15) is 9.18 Å². The molecule has 1 amide bonds. The van der Waals surface area contributed by atoms with Crippen molar-refractivity contribution in [3.05, 3.63) is 78.1 Å². The van der Waals surface area contributed by atoms with Crippen LogP contribution in [0, 0.1) is 23.1 Å². The predicted octanol–water partition coefficient (Wildman–Crippen LogP) is 4.14. The number of aromatic nitrogens is 1. The summed E-state index contributed by atoms with van der Waals surface area (Å²) in [5.41, 5.74) is 0.775. The highest BCUT2D eigenvalue weighted by Crippen LogP contribution is 2.28. The smallest absolute Gasteiger partial charge is 0.230 e. The average molecular weight is 404 g/mol. The van der Waals surface area contributed by atoms with Gasteiger partial charge >= 0.3 is 0 Å². The van der Waals surface area contributed by atoms with Gasteiger partial charge in [0.2, 0.25) is 5.91 Å². The van der Waals surface area contributed by atoms with Gasteiger partial charge in [0.15, 0.2) is 0 Å². The lowest BCUT2D eigenvalue weighted by Gasteiger charge is -2.34. The zero-order valence-electron chi connectivity index (χ0n) is 16.4. The number of nitrogens with zero attached hydrogens (tertiary/aromatic N) is 4. The Morgan fingerprint density at radius 2 is 2.00 bits per heavy atom. The number of nitriles is 1. The van der Waals surface area contributed by atoms with E-state index in [0.29, 0.717) is 37.3 Å². The molecule has 0 radical (unpaired) electrons. The molecule has 0 atom stereocenters. The Morgan fingerprint density at radius 1 is 1.20 bits per heavy atom. The van der Waals surface area contributed by atoms with Crippen LogP contribution in [0.2, 0.25) is 0 Å². The Kier molecular flexibility index (Phi) is 5.75. The minimum atomic E-state index is -0.434. The third-order valence-corrected chi connectivity index (χ3v) is 5.35. The van der Waals surface area contributed by atoms with Crippen LogP contribution >= 0.6 is 0 Å². The van der Waals surface area contributed by atoms with Crippen LogP contribution < -0.4 is 9.80 Å². The largest absolute Gasteiger partial charge is 0.467 e. The highest BCUT2D eigenvalue weighted by atomic mass is 19.1. The zero-order valence-corrected chi connectivity index (χ0v) is 16.4. The van der Waals surface area contributed by atoms with E-state index < -0.39 is 5.82 Å². The molecule has 30 heavy (non-hydrogen) atoms. The summed E-state index contributed by atoms with van der Waals surface area (Å²) in [6, 6.07) is 15.5. The summed E-state index contributed by atoms with van der Waals surface area (Å²) in [5.74, 6) is 0.641. The summed E-state index contributed by atoms with van der Waals surface area (Å²) >= 11 is 0. The number of carbonyl (C=O) groups excluding carboxylic acids is 1. The molecule has 0 saturated carbocycles. The number of benzene rings is 1. The predicted molar refractivity (Wildman–Crippen MR) is 110 cm³/mol. The Hall–Kier alpha value is -3.66. The Balaban J connectivity index is 1.48. The monoisotopic (exact) mass is 404 g/mol. The Labute approximate surface area is 174 Å². The van der Waals surface area contributed by atoms with Gasteiger partial charge < -0.3 is 14.2 Å². The van der Waals surface area contributed by atoms with Crippen molar-refractivity contribution < 1.29 is 13.6 Å². The van der Waals surface area contributed by atoms with Crippen molar-refractivity contribution in [1.29, 1.82) is 5.26 Å². The van der Waals surface area contributed by atoms with E-state index in [-0.39, 0.29) is 24.1 Å². The first-order valence-electron chi connectivity index (χ1n) is 9.85. The summed E-state index contributed by atoms with van der Waals surface area (Å²) in [5, 5.41) is 8.91. The molecule has 7 heteroatoms. The normalized spacial score (nSPS) is 14.3. The number of halogens is 1. The maximum absolute atomic E-state index is 14.5. The molecule has 152 valence electrons. The summed E-state index contributed by atoms with van der Waals surface area (Å²) in [7, 11) is 0. The van der Waals surface area contributed by atoms with Gasteiger partial charge in [-0.25, -0.2) is 9.37 Å². The van der Waals surface area contributed by atoms with Crippen molar-refractivity contribution in [3.63, 3.8) is 0 Å². The molecule has 0 aliphatic carbocycles. The van der Waals surface area contributed by atoms with Crippen LogP contribution in [0.15, 0.2) is 65.4 Å². The number of pyridine rings is 1. The van der Waals surface area contributed by atoms with Crippen LogP contribution in [0.1, 0.15) is 24.2 Å². The number of rotatable bonds is 5. The molecule has 1 saturated heterocycles. The molecule has 3 heterocycles. The van der Waals surface area contributed by atoms with Crippen molar-refractivity contribution in [2.45, 2.75) is 19.4 Å². The molecule has 1 aromatic carbocycles. The second-order valence-electron chi connectivity index (χ2n) is 7.23. The van der Waals surface area contributed by atoms with Gasteiger partial charge in [0, 0.05) is 25.2 Å². The van der Waals surface area contributed by atoms with Crippen molar-refractivity contribution >= 4 is 17.4 Å². The summed E-state index contributed by atoms with van der Waals surface area (Å²) in [6.45, 7) is 1.52. The fourth-order valence-electron chi connectivity index (χ4n) is 3.73. The summed E-state index contributed by atoms with van der Waals surface area (Å²) < 4.78 is 19.9. The van der Waals surface area contributed by atoms with E-state index >= 15 is 0 Å². The van der Waals surface area contributed by atoms with E-state index in [4.69, 9.17) is 9.68 Å². The van der Waals surface area contributed by atoms with Crippen LogP contribution in [0.4, 0.5) is 15.9 Å². The number of carbonyl (C=O) groups is 1. The molecule has 0 N–H and O–H groups in total. The van der Waals surface area contributed by atoms with Gasteiger partial charge in [-0.1, -0.05) is 12.1 Å². The third kappa shape index (κ3) is 4.18. The van der Waals surface area contributed by atoms with Gasteiger partial charge in [-0.15, -0.1) is 0 Å². The third-order valence-electron chi connectivity index (χ3n) is 5.35. The highest BCUT2D eigenvalue weighted by Gasteiger charge is 2.31. The number of amides is 1. The lowest BCUT2D eigenvalue weighted by molar-refractivity contribution is -0.123. The standard InChI is InChI=1S/C23H21FN4O2/c24-20-5-1-2-6-21(20)28(16-19-4-3-13-30-19)23(29)18-9-11-27(12-10-18)22-8-7-17(14-25)15-26-22/h1-8,13,15,18H,9-12,16H2. The van der Waals surface area contributed by atoms with Crippen molar-refractivity contribution in [1.82, 2.24) is 4.98 Å². The molecule has 2 aromatic heterocycles. The lowest BCUT2D eigenvalue weighted by Crippen LogP contribution is -2.43. The van der Waals surface area contributed by atoms with Crippen LogP contribution in [0.3, 0.4) is 0 Å². The van der Waals surface area contributed by atoms with Crippen molar-refractivity contribution in [2.24, 2.45) is 5.92 Å². The maximum atomic E-state index is 14.5. The van der Waals surface area contributed by atoms with Gasteiger partial charge in [0.1, 0.15) is 23.5 Å². The summed E-state index contributed by atoms with van der Waals surface area (Å²) in [4.78, 5) is 21.3. The summed E-state index contributed by atoms with van der Waals surface area (Å²) in [6.07, 6.45) is 4.38. The second-order valence-corrected chi connectivity index (χ2v) is 7.23. The van der Waals surface area contributed by atoms with Crippen LogP contribution in [0.25, 0.3) is 0 Å². The molecule has 0 unspecified atom stereocenters. The molecular weight excluding hydrogens is 383 g/mol. The number of furan rings is 1. The molecule has 6 nitrogen and oxygen atoms in total. The lowest BCUT2D eigenvalue weighted by atomic mass is 9.94. The molecule has 4 rings (SSSR count). The number of hydrogen-bond acceptors (Lipinski definition) is 5. The maximum Gasteiger partial charge on any atom is 0.230 e. The molecule has 1 fully saturated rings. The van der Waals surface area contributed by atoms with E-state index in [2.05, 4.69) is 16.0 Å². The van der Waals surface area contributed by atoms with Crippen molar-refractivity contribution in [2.75, 3.05) is 22.9 Å². The fraction of sp³-hybridized carbons (Fsp3) is 0.261. The molecule has 0 spiro atoms. The van der Waals surface area contributed by atoms with Gasteiger partial charge in [0.25, 0.3) is 0 Å². The van der Waals surface area contributed by atoms with Gasteiger partial charge in [0.05, 0.1) is 24.1 Å². The number of para-hydroxylation sites is 1. The van der Waals surface area contributed by atoms with Gasteiger partial charge in [-0.3, -0.25) is 4.79 Å². The molecule has 3 aromatic rings. The number of anilines is 2. The molecular formula is C23H21FN4O2. The van der Waals surface area contributed by atoms with Gasteiger partial charge in [-0.2, -0.15) is 5.26 Å². The van der Waals surface area contributed by atoms with E-state index in [1.165, 1.54) is 11.0 Å². The SMILES string of the molecule is N#Cc1ccc(N2CCC(C(=O)N(Cc3ccco3)c3ccccc3F)CC2)nc1.